The van der Waals surface area contributed by atoms with E-state index in [-0.39, 0.29) is 23.1 Å². The van der Waals surface area contributed by atoms with Gasteiger partial charge in [0.1, 0.15) is 9.84 Å². The Morgan fingerprint density at radius 1 is 1.29 bits per heavy atom. The van der Waals surface area contributed by atoms with Crippen molar-refractivity contribution < 1.29 is 13.2 Å². The molecule has 1 heterocycles. The quantitative estimate of drug-likeness (QED) is 0.838. The molecule has 1 aromatic carbocycles. The predicted molar refractivity (Wildman–Crippen MR) is 81.5 cm³/mol. The van der Waals surface area contributed by atoms with Gasteiger partial charge in [0.25, 0.3) is 0 Å². The van der Waals surface area contributed by atoms with Crippen LogP contribution in [0, 0.1) is 5.41 Å². The van der Waals surface area contributed by atoms with Gasteiger partial charge in [-0.05, 0) is 30.2 Å². The summed E-state index contributed by atoms with van der Waals surface area (Å²) in [7, 11) is -3.02. The van der Waals surface area contributed by atoms with Crippen LogP contribution in [0.2, 0.25) is 0 Å². The van der Waals surface area contributed by atoms with Gasteiger partial charge in [0.15, 0.2) is 0 Å². The average Bonchev–Trinajstić information content (AvgIpc) is 3.05. The van der Waals surface area contributed by atoms with Gasteiger partial charge in [-0.3, -0.25) is 4.79 Å². The first-order chi connectivity index (χ1) is 9.89. The Bertz CT molecular complexity index is 635. The summed E-state index contributed by atoms with van der Waals surface area (Å²) < 4.78 is 23.0. The van der Waals surface area contributed by atoms with E-state index in [0.717, 1.165) is 25.8 Å². The van der Waals surface area contributed by atoms with Gasteiger partial charge in [-0.15, -0.1) is 0 Å². The molecular formula is C16H21NO3S. The van der Waals surface area contributed by atoms with E-state index in [1.807, 2.05) is 35.2 Å². The van der Waals surface area contributed by atoms with Crippen molar-refractivity contribution >= 4 is 15.7 Å². The molecule has 3 rings (SSSR count). The third-order valence-electron chi connectivity index (χ3n) is 4.58. The molecule has 1 aromatic rings. The first kappa shape index (κ1) is 14.6. The number of nitrogens with zero attached hydrogens (tertiary/aromatic N) is 1. The lowest BCUT2D eigenvalue weighted by Crippen LogP contribution is -2.46. The van der Waals surface area contributed by atoms with Gasteiger partial charge in [0, 0.05) is 19.2 Å². The summed E-state index contributed by atoms with van der Waals surface area (Å²) >= 11 is 0. The van der Waals surface area contributed by atoms with E-state index < -0.39 is 9.84 Å². The largest absolute Gasteiger partial charge is 0.335 e. The van der Waals surface area contributed by atoms with Gasteiger partial charge < -0.3 is 4.90 Å². The molecule has 5 heteroatoms. The monoisotopic (exact) mass is 307 g/mol. The van der Waals surface area contributed by atoms with Gasteiger partial charge in [-0.25, -0.2) is 8.42 Å². The first-order valence-corrected chi connectivity index (χ1v) is 9.47. The molecule has 4 nitrogen and oxygen atoms in total. The molecule has 2 fully saturated rings. The van der Waals surface area contributed by atoms with Crippen LogP contribution in [0.15, 0.2) is 30.3 Å². The third kappa shape index (κ3) is 3.28. The molecule has 0 aromatic heterocycles. The topological polar surface area (TPSA) is 54.5 Å². The molecule has 1 saturated carbocycles. The van der Waals surface area contributed by atoms with Gasteiger partial charge in [0.05, 0.1) is 11.8 Å². The zero-order valence-corrected chi connectivity index (χ0v) is 13.1. The summed E-state index contributed by atoms with van der Waals surface area (Å²) in [6, 6.07) is 10.2. The second kappa shape index (κ2) is 5.13. The van der Waals surface area contributed by atoms with Crippen LogP contribution >= 0.6 is 0 Å². The molecule has 0 N–H and O–H groups in total. The number of sulfone groups is 1. The van der Waals surface area contributed by atoms with Crippen LogP contribution in [0.3, 0.4) is 0 Å². The number of likely N-dealkylation sites (tertiary alicyclic amines) is 1. The van der Waals surface area contributed by atoms with E-state index in [4.69, 9.17) is 0 Å². The third-order valence-corrected chi connectivity index (χ3v) is 5.71. The minimum Gasteiger partial charge on any atom is -0.335 e. The summed E-state index contributed by atoms with van der Waals surface area (Å²) in [6.07, 6.45) is 4.34. The minimum atomic E-state index is -3.02. The molecule has 1 atom stereocenters. The number of carbonyl (C=O) groups is 1. The molecular weight excluding hydrogens is 286 g/mol. The lowest BCUT2D eigenvalue weighted by molar-refractivity contribution is -0.140. The summed E-state index contributed by atoms with van der Waals surface area (Å²) in [4.78, 5) is 14.4. The molecule has 0 bridgehead atoms. The molecule has 1 amide bonds. The number of hydrogen-bond donors (Lipinski definition) is 0. The fraction of sp³-hybridized carbons (Fsp3) is 0.562. The van der Waals surface area contributed by atoms with E-state index in [9.17, 15) is 13.2 Å². The van der Waals surface area contributed by atoms with Gasteiger partial charge >= 0.3 is 0 Å². The Labute approximate surface area is 126 Å². The number of hydrogen-bond acceptors (Lipinski definition) is 3. The van der Waals surface area contributed by atoms with Gasteiger partial charge in [-0.1, -0.05) is 30.3 Å². The normalized spacial score (nSPS) is 23.5. The predicted octanol–water partition coefficient (Wildman–Crippen LogP) is 2.17. The van der Waals surface area contributed by atoms with Crippen molar-refractivity contribution in [1.29, 1.82) is 0 Å². The van der Waals surface area contributed by atoms with Crippen molar-refractivity contribution in [2.45, 2.75) is 31.7 Å². The molecule has 21 heavy (non-hydrogen) atoms. The van der Waals surface area contributed by atoms with E-state index in [1.54, 1.807) is 0 Å². The fourth-order valence-corrected chi connectivity index (χ4v) is 4.74. The molecule has 2 aliphatic rings. The summed E-state index contributed by atoms with van der Waals surface area (Å²) in [6.45, 7) is 0.785. The van der Waals surface area contributed by atoms with Crippen LogP contribution in [0.25, 0.3) is 0 Å². The minimum absolute atomic E-state index is 0.108. The summed E-state index contributed by atoms with van der Waals surface area (Å²) in [5, 5.41) is 0. The maximum atomic E-state index is 12.5. The first-order valence-electron chi connectivity index (χ1n) is 7.41. The van der Waals surface area contributed by atoms with Crippen molar-refractivity contribution in [3.05, 3.63) is 35.9 Å². The molecule has 0 spiro atoms. The Hall–Kier alpha value is -1.36. The number of carbonyl (C=O) groups excluding carboxylic acids is 1. The number of benzene rings is 1. The second-order valence-corrected chi connectivity index (χ2v) is 8.69. The zero-order chi connectivity index (χ0) is 15.1. The van der Waals surface area contributed by atoms with Crippen LogP contribution in [0.4, 0.5) is 0 Å². The van der Waals surface area contributed by atoms with Crippen molar-refractivity contribution in [1.82, 2.24) is 4.90 Å². The average molecular weight is 307 g/mol. The van der Waals surface area contributed by atoms with Crippen LogP contribution in [-0.4, -0.2) is 37.8 Å². The number of rotatable bonds is 5. The molecule has 1 saturated heterocycles. The lowest BCUT2D eigenvalue weighted by Gasteiger charge is -2.42. The van der Waals surface area contributed by atoms with Crippen molar-refractivity contribution in [3.8, 4) is 0 Å². The van der Waals surface area contributed by atoms with Crippen molar-refractivity contribution in [2.75, 3.05) is 18.6 Å². The highest BCUT2D eigenvalue weighted by Gasteiger charge is 2.48. The lowest BCUT2D eigenvalue weighted by atomic mass is 9.93. The van der Waals surface area contributed by atoms with Crippen LogP contribution in [0.1, 0.15) is 37.3 Å². The fourth-order valence-electron chi connectivity index (χ4n) is 3.24. The highest BCUT2D eigenvalue weighted by Crippen LogP contribution is 2.51. The SMILES string of the molecule is CS(=O)(=O)CC1(CC(=O)N2CCC2c2ccccc2)CC1. The smallest absolute Gasteiger partial charge is 0.223 e. The van der Waals surface area contributed by atoms with Crippen LogP contribution in [-0.2, 0) is 14.6 Å². The number of amides is 1. The van der Waals surface area contributed by atoms with Crippen LogP contribution < -0.4 is 0 Å². The molecule has 1 aliphatic heterocycles. The maximum Gasteiger partial charge on any atom is 0.223 e. The molecule has 114 valence electrons. The Morgan fingerprint density at radius 2 is 1.95 bits per heavy atom. The Balaban J connectivity index is 1.64. The zero-order valence-electron chi connectivity index (χ0n) is 12.3. The van der Waals surface area contributed by atoms with Crippen molar-refractivity contribution in [3.63, 3.8) is 0 Å². The van der Waals surface area contributed by atoms with E-state index in [0.29, 0.717) is 6.42 Å². The highest BCUT2D eigenvalue weighted by atomic mass is 32.2. The molecule has 0 radical (unpaired) electrons. The van der Waals surface area contributed by atoms with E-state index >= 15 is 0 Å². The van der Waals surface area contributed by atoms with E-state index in [1.165, 1.54) is 11.8 Å². The van der Waals surface area contributed by atoms with E-state index in [2.05, 4.69) is 0 Å². The molecule has 1 aliphatic carbocycles. The Kier molecular flexibility index (Phi) is 3.56. The summed E-state index contributed by atoms with van der Waals surface area (Å²) in [5.41, 5.74) is 0.895. The standard InChI is InChI=1S/C16H21NO3S/c1-21(19,20)12-16(8-9-16)11-15(18)17-10-7-14(17)13-5-3-2-4-6-13/h2-6,14H,7-12H2,1H3. The van der Waals surface area contributed by atoms with Crippen LogP contribution in [0.5, 0.6) is 0 Å². The van der Waals surface area contributed by atoms with Gasteiger partial charge in [0.2, 0.25) is 5.91 Å². The van der Waals surface area contributed by atoms with Crippen molar-refractivity contribution in [2.24, 2.45) is 5.41 Å². The second-order valence-electron chi connectivity index (χ2n) is 6.55. The maximum absolute atomic E-state index is 12.5. The van der Waals surface area contributed by atoms with Gasteiger partial charge in [-0.2, -0.15) is 0 Å². The molecule has 1 unspecified atom stereocenters. The Morgan fingerprint density at radius 3 is 2.43 bits per heavy atom. The highest BCUT2D eigenvalue weighted by molar-refractivity contribution is 7.90. The summed E-state index contributed by atoms with van der Waals surface area (Å²) in [5.74, 6) is 0.256.